The third-order valence-electron chi connectivity index (χ3n) is 5.89. The van der Waals surface area contributed by atoms with Crippen LogP contribution in [0.15, 0.2) is 52.9 Å². The molecule has 3 aromatic carbocycles. The Bertz CT molecular complexity index is 1380. The molecule has 5 nitrogen and oxygen atoms in total. The van der Waals surface area contributed by atoms with Crippen LogP contribution in [0.2, 0.25) is 5.02 Å². The molecule has 0 aliphatic carbocycles. The van der Waals surface area contributed by atoms with Gasteiger partial charge in [0.15, 0.2) is 5.58 Å². The molecule has 160 valence electrons. The van der Waals surface area contributed by atoms with Crippen molar-refractivity contribution >= 4 is 28.4 Å². The highest BCUT2D eigenvalue weighted by Crippen LogP contribution is 2.38. The Kier molecular flexibility index (Phi) is 5.09. The standard InChI is InChI=1S/C25H20ClFN4O/c1-14-18(4-2-5-19(14)20-6-3-7-21(29)24(20)26)15-8-16(10-28)25-22(9-15)30-23(32-25)13-31-11-17(27)12-31/h2-9,17H,11-13,29H2,1H3. The number of nitrogens with zero attached hydrogens (tertiary/aromatic N) is 3. The second kappa shape index (κ2) is 7.94. The van der Waals surface area contributed by atoms with Gasteiger partial charge in [0.1, 0.15) is 17.8 Å². The molecule has 0 radical (unpaired) electrons. The van der Waals surface area contributed by atoms with Gasteiger partial charge in [-0.25, -0.2) is 9.37 Å². The molecule has 0 atom stereocenters. The molecule has 1 fully saturated rings. The summed E-state index contributed by atoms with van der Waals surface area (Å²) in [4.78, 5) is 6.49. The molecule has 32 heavy (non-hydrogen) atoms. The number of fused-ring (bicyclic) bond motifs is 1. The minimum Gasteiger partial charge on any atom is -0.438 e. The van der Waals surface area contributed by atoms with Crippen LogP contribution in [0, 0.1) is 18.3 Å². The third kappa shape index (κ3) is 3.50. The first-order chi connectivity index (χ1) is 15.4. The van der Waals surface area contributed by atoms with Crippen LogP contribution in [0.1, 0.15) is 17.0 Å². The van der Waals surface area contributed by atoms with Crippen molar-refractivity contribution < 1.29 is 8.81 Å². The van der Waals surface area contributed by atoms with Gasteiger partial charge < -0.3 is 10.2 Å². The number of halogens is 2. The lowest BCUT2D eigenvalue weighted by atomic mass is 9.92. The number of alkyl halides is 1. The first kappa shape index (κ1) is 20.5. The van der Waals surface area contributed by atoms with Gasteiger partial charge in [-0.3, -0.25) is 4.90 Å². The molecule has 0 amide bonds. The van der Waals surface area contributed by atoms with E-state index in [4.69, 9.17) is 21.8 Å². The highest BCUT2D eigenvalue weighted by molar-refractivity contribution is 6.35. The molecule has 4 aromatic rings. The minimum absolute atomic E-state index is 0.383. The van der Waals surface area contributed by atoms with Crippen LogP contribution < -0.4 is 5.73 Å². The van der Waals surface area contributed by atoms with Gasteiger partial charge in [-0.05, 0) is 47.4 Å². The van der Waals surface area contributed by atoms with Crippen molar-refractivity contribution in [1.82, 2.24) is 9.88 Å². The molecule has 2 N–H and O–H groups in total. The van der Waals surface area contributed by atoms with E-state index in [1.807, 2.05) is 54.3 Å². The van der Waals surface area contributed by atoms with Gasteiger partial charge in [-0.1, -0.05) is 41.9 Å². The highest BCUT2D eigenvalue weighted by atomic mass is 35.5. The van der Waals surface area contributed by atoms with Gasteiger partial charge in [-0.15, -0.1) is 0 Å². The summed E-state index contributed by atoms with van der Waals surface area (Å²) in [6.07, 6.45) is -0.788. The summed E-state index contributed by atoms with van der Waals surface area (Å²) >= 11 is 6.48. The molecule has 0 saturated carbocycles. The maximum atomic E-state index is 13.1. The number of oxazole rings is 1. The Hall–Kier alpha value is -3.40. The van der Waals surface area contributed by atoms with Gasteiger partial charge in [0.2, 0.25) is 5.89 Å². The van der Waals surface area contributed by atoms with Gasteiger partial charge in [0.25, 0.3) is 0 Å². The van der Waals surface area contributed by atoms with Gasteiger partial charge in [-0.2, -0.15) is 5.26 Å². The third-order valence-corrected chi connectivity index (χ3v) is 6.31. The maximum absolute atomic E-state index is 13.1. The van der Waals surface area contributed by atoms with Crippen molar-refractivity contribution in [3.05, 3.63) is 70.6 Å². The van der Waals surface area contributed by atoms with Crippen LogP contribution in [0.25, 0.3) is 33.4 Å². The van der Waals surface area contributed by atoms with Gasteiger partial charge in [0, 0.05) is 18.7 Å². The predicted octanol–water partition coefficient (Wildman–Crippen LogP) is 5.73. The van der Waals surface area contributed by atoms with Crippen molar-refractivity contribution in [2.24, 2.45) is 0 Å². The second-order valence-corrected chi connectivity index (χ2v) is 8.45. The monoisotopic (exact) mass is 446 g/mol. The molecule has 2 heterocycles. The summed E-state index contributed by atoms with van der Waals surface area (Å²) in [6.45, 7) is 3.21. The first-order valence-electron chi connectivity index (χ1n) is 10.3. The number of anilines is 1. The Morgan fingerprint density at radius 1 is 1.19 bits per heavy atom. The SMILES string of the molecule is Cc1c(-c2cc(C#N)c3oc(CN4CC(F)C4)nc3c2)cccc1-c1cccc(N)c1Cl. The molecule has 1 saturated heterocycles. The van der Waals surface area contributed by atoms with Crippen molar-refractivity contribution in [1.29, 1.82) is 5.26 Å². The number of nitriles is 1. The van der Waals surface area contributed by atoms with Crippen molar-refractivity contribution in [2.45, 2.75) is 19.6 Å². The summed E-state index contributed by atoms with van der Waals surface area (Å²) in [5, 5.41) is 10.2. The number of rotatable bonds is 4. The normalized spacial score (nSPS) is 14.4. The number of benzene rings is 3. The fourth-order valence-corrected chi connectivity index (χ4v) is 4.44. The Morgan fingerprint density at radius 2 is 1.91 bits per heavy atom. The van der Waals surface area contributed by atoms with Crippen LogP contribution in [0.3, 0.4) is 0 Å². The van der Waals surface area contributed by atoms with E-state index in [0.29, 0.717) is 52.9 Å². The van der Waals surface area contributed by atoms with E-state index < -0.39 is 6.17 Å². The summed E-state index contributed by atoms with van der Waals surface area (Å²) in [6, 6.07) is 17.5. The van der Waals surface area contributed by atoms with E-state index in [1.54, 1.807) is 6.07 Å². The number of nitrogens with two attached hydrogens (primary N) is 1. The second-order valence-electron chi connectivity index (χ2n) is 8.07. The van der Waals surface area contributed by atoms with Crippen molar-refractivity contribution in [2.75, 3.05) is 18.8 Å². The smallest absolute Gasteiger partial charge is 0.209 e. The summed E-state index contributed by atoms with van der Waals surface area (Å²) in [5.74, 6) is 0.484. The van der Waals surface area contributed by atoms with E-state index in [9.17, 15) is 9.65 Å². The molecule has 0 spiro atoms. The van der Waals surface area contributed by atoms with E-state index in [-0.39, 0.29) is 0 Å². The zero-order valence-corrected chi connectivity index (χ0v) is 18.2. The lowest BCUT2D eigenvalue weighted by molar-refractivity contribution is 0.0524. The number of hydrogen-bond donors (Lipinski definition) is 1. The Balaban J connectivity index is 1.59. The molecular formula is C25H20ClFN4O. The largest absolute Gasteiger partial charge is 0.438 e. The Morgan fingerprint density at radius 3 is 2.66 bits per heavy atom. The zero-order chi connectivity index (χ0) is 22.4. The number of hydrogen-bond acceptors (Lipinski definition) is 5. The van der Waals surface area contributed by atoms with Crippen molar-refractivity contribution in [3.8, 4) is 28.3 Å². The molecule has 1 aromatic heterocycles. The van der Waals surface area contributed by atoms with Crippen molar-refractivity contribution in [3.63, 3.8) is 0 Å². The van der Waals surface area contributed by atoms with Crippen LogP contribution in [-0.2, 0) is 6.54 Å². The van der Waals surface area contributed by atoms with Crippen LogP contribution in [0.5, 0.6) is 0 Å². The van der Waals surface area contributed by atoms with Crippen LogP contribution in [0.4, 0.5) is 10.1 Å². The minimum atomic E-state index is -0.788. The molecule has 1 aliphatic rings. The Labute approximate surface area is 189 Å². The average Bonchev–Trinajstić information content (AvgIpc) is 3.17. The van der Waals surface area contributed by atoms with E-state index in [1.165, 1.54) is 0 Å². The lowest BCUT2D eigenvalue weighted by Gasteiger charge is -2.32. The van der Waals surface area contributed by atoms with E-state index in [0.717, 1.165) is 27.8 Å². The van der Waals surface area contributed by atoms with E-state index >= 15 is 0 Å². The molecule has 5 rings (SSSR count). The summed E-state index contributed by atoms with van der Waals surface area (Å²) < 4.78 is 19.0. The topological polar surface area (TPSA) is 79.1 Å². The maximum Gasteiger partial charge on any atom is 0.209 e. The number of aromatic nitrogens is 1. The first-order valence-corrected chi connectivity index (χ1v) is 10.7. The van der Waals surface area contributed by atoms with Crippen LogP contribution in [-0.4, -0.2) is 29.1 Å². The quantitative estimate of drug-likeness (QED) is 0.405. The van der Waals surface area contributed by atoms with Crippen LogP contribution >= 0.6 is 11.6 Å². The molecule has 1 aliphatic heterocycles. The van der Waals surface area contributed by atoms with E-state index in [2.05, 4.69) is 11.1 Å². The average molecular weight is 447 g/mol. The predicted molar refractivity (Wildman–Crippen MR) is 124 cm³/mol. The molecule has 0 unspecified atom stereocenters. The fraction of sp³-hybridized carbons (Fsp3) is 0.200. The van der Waals surface area contributed by atoms with Gasteiger partial charge in [0.05, 0.1) is 22.8 Å². The molecule has 7 heteroatoms. The summed E-state index contributed by atoms with van der Waals surface area (Å²) in [7, 11) is 0. The lowest BCUT2D eigenvalue weighted by Crippen LogP contribution is -2.47. The zero-order valence-electron chi connectivity index (χ0n) is 17.4. The summed E-state index contributed by atoms with van der Waals surface area (Å²) in [5.41, 5.74) is 12.7. The fourth-order valence-electron chi connectivity index (χ4n) is 4.21. The number of nitrogen functional groups attached to an aromatic ring is 1. The number of likely N-dealkylation sites (tertiary alicyclic amines) is 1. The molecule has 0 bridgehead atoms. The van der Waals surface area contributed by atoms with Gasteiger partial charge >= 0.3 is 0 Å². The highest BCUT2D eigenvalue weighted by Gasteiger charge is 2.27. The molecular weight excluding hydrogens is 427 g/mol.